The molecule has 0 aliphatic heterocycles. The fraction of sp³-hybridized carbons (Fsp3) is 0.238. The number of benzene rings is 2. The van der Waals surface area contributed by atoms with Crippen LogP contribution in [0.3, 0.4) is 0 Å². The third-order valence-corrected chi connectivity index (χ3v) is 5.65. The van der Waals surface area contributed by atoms with Gasteiger partial charge in [-0.1, -0.05) is 60.1 Å². The summed E-state index contributed by atoms with van der Waals surface area (Å²) in [6, 6.07) is 16.7. The Morgan fingerprint density at radius 2 is 1.70 bits per heavy atom. The topological polar surface area (TPSA) is 46.9 Å². The highest BCUT2D eigenvalue weighted by molar-refractivity contribution is 7.99. The molecule has 0 aliphatic carbocycles. The van der Waals surface area contributed by atoms with E-state index in [1.807, 2.05) is 19.1 Å². The van der Waals surface area contributed by atoms with Crippen LogP contribution in [0.4, 0.5) is 0 Å². The van der Waals surface area contributed by atoms with Crippen LogP contribution in [-0.2, 0) is 20.0 Å². The third kappa shape index (κ3) is 4.73. The molecule has 0 unspecified atom stereocenters. The molecular weight excluding hydrogens is 378 g/mol. The van der Waals surface area contributed by atoms with Crippen LogP contribution in [0.25, 0.3) is 0 Å². The predicted molar refractivity (Wildman–Crippen MR) is 111 cm³/mol. The van der Waals surface area contributed by atoms with Gasteiger partial charge < -0.3 is 5.32 Å². The number of nitrogens with one attached hydrogen (secondary N) is 1. The van der Waals surface area contributed by atoms with Crippen molar-refractivity contribution in [2.45, 2.75) is 36.6 Å². The molecule has 3 rings (SSSR count). The first-order valence-corrected chi connectivity index (χ1v) is 10.0. The summed E-state index contributed by atoms with van der Waals surface area (Å²) in [5.74, 6) is -0.215. The van der Waals surface area contributed by atoms with Crippen molar-refractivity contribution >= 4 is 29.3 Å². The molecule has 1 amide bonds. The van der Waals surface area contributed by atoms with E-state index in [9.17, 15) is 4.79 Å². The third-order valence-electron chi connectivity index (χ3n) is 4.24. The number of hydrogen-bond acceptors (Lipinski definition) is 3. The minimum absolute atomic E-state index is 0.215. The maximum Gasteiger partial charge on any atom is 0.271 e. The molecule has 3 aromatic rings. The van der Waals surface area contributed by atoms with Crippen molar-refractivity contribution in [2.24, 2.45) is 7.05 Å². The zero-order valence-corrected chi connectivity index (χ0v) is 17.2. The minimum Gasteiger partial charge on any atom is -0.347 e. The molecule has 0 saturated carbocycles. The van der Waals surface area contributed by atoms with Crippen LogP contribution < -0.4 is 5.32 Å². The Kier molecular flexibility index (Phi) is 6.24. The summed E-state index contributed by atoms with van der Waals surface area (Å²) in [6.07, 6.45) is 0.695. The number of hydrogen-bond donors (Lipinski definition) is 1. The van der Waals surface area contributed by atoms with E-state index in [0.29, 0.717) is 23.7 Å². The summed E-state index contributed by atoms with van der Waals surface area (Å²) < 4.78 is 1.54. The highest BCUT2D eigenvalue weighted by Gasteiger charge is 2.19. The van der Waals surface area contributed by atoms with E-state index in [1.165, 1.54) is 15.1 Å². The van der Waals surface area contributed by atoms with Crippen LogP contribution in [0.5, 0.6) is 0 Å². The second kappa shape index (κ2) is 8.63. The van der Waals surface area contributed by atoms with Gasteiger partial charge in [-0.25, -0.2) is 0 Å². The normalized spacial score (nSPS) is 10.8. The number of aryl methyl sites for hydroxylation is 3. The lowest BCUT2D eigenvalue weighted by Gasteiger charge is -2.07. The van der Waals surface area contributed by atoms with Gasteiger partial charge in [0.1, 0.15) is 5.69 Å². The maximum atomic E-state index is 12.5. The van der Waals surface area contributed by atoms with Gasteiger partial charge in [-0.15, -0.1) is 0 Å². The quantitative estimate of drug-likeness (QED) is 0.632. The Bertz CT molecular complexity index is 933. The number of halogens is 1. The Morgan fingerprint density at radius 3 is 2.26 bits per heavy atom. The highest BCUT2D eigenvalue weighted by atomic mass is 35.5. The number of amides is 1. The monoisotopic (exact) mass is 399 g/mol. The Hall–Kier alpha value is -2.24. The maximum absolute atomic E-state index is 12.5. The summed E-state index contributed by atoms with van der Waals surface area (Å²) in [7, 11) is 1.73. The molecule has 0 spiro atoms. The summed E-state index contributed by atoms with van der Waals surface area (Å²) >= 11 is 7.99. The van der Waals surface area contributed by atoms with Crippen molar-refractivity contribution in [1.82, 2.24) is 15.1 Å². The molecule has 0 aliphatic rings. The molecule has 1 N–H and O–H groups in total. The van der Waals surface area contributed by atoms with Gasteiger partial charge in [0, 0.05) is 23.4 Å². The summed E-state index contributed by atoms with van der Waals surface area (Å²) in [5.41, 5.74) is 3.43. The Morgan fingerprint density at radius 1 is 1.11 bits per heavy atom. The summed E-state index contributed by atoms with van der Waals surface area (Å²) in [6.45, 7) is 4.49. The lowest BCUT2D eigenvalue weighted by molar-refractivity contribution is 0.0941. The predicted octanol–water partition coefficient (Wildman–Crippen LogP) is 5.03. The SMILES string of the molecule is CCc1nn(C)c(C(=O)NCc2ccc(Sc3ccc(C)cc3)cc2)c1Cl. The highest BCUT2D eigenvalue weighted by Crippen LogP contribution is 2.28. The van der Waals surface area contributed by atoms with Gasteiger partial charge in [-0.3, -0.25) is 9.48 Å². The van der Waals surface area contributed by atoms with Gasteiger partial charge in [0.2, 0.25) is 0 Å². The molecule has 27 heavy (non-hydrogen) atoms. The zero-order valence-electron chi connectivity index (χ0n) is 15.6. The van der Waals surface area contributed by atoms with E-state index in [4.69, 9.17) is 11.6 Å². The van der Waals surface area contributed by atoms with Crippen LogP contribution in [0, 0.1) is 6.92 Å². The molecule has 0 saturated heterocycles. The number of nitrogens with zero attached hydrogens (tertiary/aromatic N) is 2. The van der Waals surface area contributed by atoms with Crippen molar-refractivity contribution in [3.8, 4) is 0 Å². The van der Waals surface area contributed by atoms with Crippen molar-refractivity contribution in [2.75, 3.05) is 0 Å². The molecule has 0 bridgehead atoms. The second-order valence-corrected chi connectivity index (χ2v) is 7.85. The standard InChI is InChI=1S/C21H22ClN3OS/c1-4-18-19(22)20(25(3)24-18)21(26)23-13-15-7-11-17(12-8-15)27-16-9-5-14(2)6-10-16/h5-12H,4,13H2,1-3H3,(H,23,26). The molecule has 0 atom stereocenters. The van der Waals surface area contributed by atoms with Crippen molar-refractivity contribution in [3.05, 3.63) is 76.1 Å². The van der Waals surface area contributed by atoms with Crippen molar-refractivity contribution in [1.29, 1.82) is 0 Å². The molecule has 140 valence electrons. The molecule has 0 fully saturated rings. The Labute approximate surface area is 168 Å². The van der Waals surface area contributed by atoms with E-state index in [-0.39, 0.29) is 5.91 Å². The van der Waals surface area contributed by atoms with Gasteiger partial charge in [-0.2, -0.15) is 5.10 Å². The van der Waals surface area contributed by atoms with Crippen LogP contribution in [0.1, 0.15) is 34.2 Å². The van der Waals surface area contributed by atoms with Crippen LogP contribution >= 0.6 is 23.4 Å². The molecule has 0 radical (unpaired) electrons. The van der Waals surface area contributed by atoms with Gasteiger partial charge in [-0.05, 0) is 43.2 Å². The minimum atomic E-state index is -0.215. The number of carbonyl (C=O) groups excluding carboxylic acids is 1. The lowest BCUT2D eigenvalue weighted by atomic mass is 10.2. The van der Waals surface area contributed by atoms with Crippen molar-refractivity contribution in [3.63, 3.8) is 0 Å². The molecular formula is C21H22ClN3OS. The first-order valence-electron chi connectivity index (χ1n) is 8.81. The summed E-state index contributed by atoms with van der Waals surface area (Å²) in [4.78, 5) is 14.8. The van der Waals surface area contributed by atoms with Gasteiger partial charge in [0.15, 0.2) is 0 Å². The number of carbonyl (C=O) groups is 1. The van der Waals surface area contributed by atoms with Crippen molar-refractivity contribution < 1.29 is 4.79 Å². The van der Waals surface area contributed by atoms with E-state index in [2.05, 4.69) is 53.7 Å². The molecule has 4 nitrogen and oxygen atoms in total. The van der Waals surface area contributed by atoms with E-state index < -0.39 is 0 Å². The summed E-state index contributed by atoms with van der Waals surface area (Å²) in [5, 5.41) is 7.63. The van der Waals surface area contributed by atoms with Gasteiger partial charge in [0.05, 0.1) is 10.7 Å². The van der Waals surface area contributed by atoms with Gasteiger partial charge in [0.25, 0.3) is 5.91 Å². The largest absolute Gasteiger partial charge is 0.347 e. The molecule has 2 aromatic carbocycles. The van der Waals surface area contributed by atoms with Crippen LogP contribution in [-0.4, -0.2) is 15.7 Å². The zero-order chi connectivity index (χ0) is 19.4. The lowest BCUT2D eigenvalue weighted by Crippen LogP contribution is -2.25. The molecule has 1 aromatic heterocycles. The van der Waals surface area contributed by atoms with E-state index in [1.54, 1.807) is 18.8 Å². The average Bonchev–Trinajstić information content (AvgIpc) is 2.96. The van der Waals surface area contributed by atoms with Crippen LogP contribution in [0.15, 0.2) is 58.3 Å². The average molecular weight is 400 g/mol. The smallest absolute Gasteiger partial charge is 0.271 e. The first-order chi connectivity index (χ1) is 13.0. The molecule has 1 heterocycles. The second-order valence-electron chi connectivity index (χ2n) is 6.33. The van der Waals surface area contributed by atoms with Crippen LogP contribution in [0.2, 0.25) is 5.02 Å². The molecule has 6 heteroatoms. The fourth-order valence-corrected chi connectivity index (χ4v) is 3.91. The van der Waals surface area contributed by atoms with E-state index >= 15 is 0 Å². The number of rotatable bonds is 6. The van der Waals surface area contributed by atoms with E-state index in [0.717, 1.165) is 16.2 Å². The first kappa shape index (κ1) is 19.5. The fourth-order valence-electron chi connectivity index (χ4n) is 2.71. The number of aromatic nitrogens is 2. The Balaban J connectivity index is 1.61. The van der Waals surface area contributed by atoms with Gasteiger partial charge >= 0.3 is 0 Å².